The lowest BCUT2D eigenvalue weighted by atomic mass is 10.1. The third-order valence-corrected chi connectivity index (χ3v) is 2.61. The van der Waals surface area contributed by atoms with Crippen molar-refractivity contribution < 1.29 is 4.74 Å². The molecule has 0 saturated heterocycles. The number of nitriles is 1. The van der Waals surface area contributed by atoms with Gasteiger partial charge in [0.15, 0.2) is 0 Å². The van der Waals surface area contributed by atoms with Gasteiger partial charge in [-0.1, -0.05) is 19.9 Å². The summed E-state index contributed by atoms with van der Waals surface area (Å²) in [6.45, 7) is 6.22. The molecule has 1 aromatic carbocycles. The lowest BCUT2D eigenvalue weighted by Crippen LogP contribution is -2.16. The number of benzene rings is 1. The number of methoxy groups -OCH3 is 1. The molecule has 0 aromatic heterocycles. The van der Waals surface area contributed by atoms with E-state index in [2.05, 4.69) is 25.2 Å². The zero-order valence-corrected chi connectivity index (χ0v) is 10.8. The van der Waals surface area contributed by atoms with E-state index in [0.717, 1.165) is 18.7 Å². The van der Waals surface area contributed by atoms with E-state index in [1.165, 1.54) is 6.42 Å². The molecule has 0 bridgehead atoms. The zero-order chi connectivity index (χ0) is 12.7. The lowest BCUT2D eigenvalue weighted by molar-refractivity contribution is 0.413. The Kier molecular flexibility index (Phi) is 5.51. The molecule has 0 unspecified atom stereocenters. The second kappa shape index (κ2) is 6.93. The minimum atomic E-state index is 0.593. The Bertz CT molecular complexity index is 394. The highest BCUT2D eigenvalue weighted by Crippen LogP contribution is 2.18. The Morgan fingerprint density at radius 2 is 2.18 bits per heavy atom. The van der Waals surface area contributed by atoms with Gasteiger partial charge in [0.25, 0.3) is 0 Å². The summed E-state index contributed by atoms with van der Waals surface area (Å²) in [7, 11) is 1.58. The summed E-state index contributed by atoms with van der Waals surface area (Å²) in [5, 5.41) is 12.3. The Hall–Kier alpha value is -1.53. The molecule has 0 amide bonds. The van der Waals surface area contributed by atoms with Crippen LogP contribution < -0.4 is 10.1 Å². The minimum Gasteiger partial charge on any atom is -0.495 e. The van der Waals surface area contributed by atoms with Crippen LogP contribution in [0.5, 0.6) is 5.75 Å². The van der Waals surface area contributed by atoms with Crippen LogP contribution in [-0.2, 0) is 6.54 Å². The Balaban J connectivity index is 2.52. The predicted molar refractivity (Wildman–Crippen MR) is 68.9 cm³/mol. The van der Waals surface area contributed by atoms with Crippen LogP contribution >= 0.6 is 0 Å². The van der Waals surface area contributed by atoms with Crippen LogP contribution in [0.2, 0.25) is 0 Å². The molecule has 0 atom stereocenters. The molecule has 1 N–H and O–H groups in total. The highest BCUT2D eigenvalue weighted by Gasteiger charge is 2.03. The Morgan fingerprint density at radius 3 is 2.76 bits per heavy atom. The molecular weight excluding hydrogens is 212 g/mol. The number of ether oxygens (including phenoxy) is 1. The molecule has 3 heteroatoms. The number of rotatable bonds is 6. The van der Waals surface area contributed by atoms with Crippen LogP contribution in [0, 0.1) is 17.2 Å². The summed E-state index contributed by atoms with van der Waals surface area (Å²) in [6.07, 6.45) is 1.17. The van der Waals surface area contributed by atoms with Gasteiger partial charge >= 0.3 is 0 Å². The fourth-order valence-electron chi connectivity index (χ4n) is 1.58. The largest absolute Gasteiger partial charge is 0.495 e. The zero-order valence-electron chi connectivity index (χ0n) is 10.8. The maximum Gasteiger partial charge on any atom is 0.136 e. The Morgan fingerprint density at radius 1 is 1.41 bits per heavy atom. The minimum absolute atomic E-state index is 0.593. The first-order chi connectivity index (χ1) is 8.17. The fourth-order valence-corrected chi connectivity index (χ4v) is 1.58. The molecule has 0 heterocycles. The van der Waals surface area contributed by atoms with Crippen LogP contribution in [0.3, 0.4) is 0 Å². The van der Waals surface area contributed by atoms with Gasteiger partial charge < -0.3 is 10.1 Å². The van der Waals surface area contributed by atoms with Crippen molar-refractivity contribution in [2.24, 2.45) is 5.92 Å². The summed E-state index contributed by atoms with van der Waals surface area (Å²) < 4.78 is 5.11. The average Bonchev–Trinajstić information content (AvgIpc) is 2.34. The molecule has 0 aliphatic rings. The second-order valence-electron chi connectivity index (χ2n) is 4.51. The molecule has 0 saturated carbocycles. The van der Waals surface area contributed by atoms with E-state index >= 15 is 0 Å². The molecule has 3 nitrogen and oxygen atoms in total. The monoisotopic (exact) mass is 232 g/mol. The maximum absolute atomic E-state index is 8.97. The first kappa shape index (κ1) is 13.5. The highest BCUT2D eigenvalue weighted by atomic mass is 16.5. The van der Waals surface area contributed by atoms with Crippen molar-refractivity contribution in [1.82, 2.24) is 5.32 Å². The van der Waals surface area contributed by atoms with E-state index in [-0.39, 0.29) is 0 Å². The number of hydrogen-bond donors (Lipinski definition) is 1. The second-order valence-corrected chi connectivity index (χ2v) is 4.51. The van der Waals surface area contributed by atoms with Gasteiger partial charge in [0.05, 0.1) is 12.7 Å². The number of hydrogen-bond acceptors (Lipinski definition) is 3. The number of nitrogens with one attached hydrogen (secondary N) is 1. The summed E-state index contributed by atoms with van der Waals surface area (Å²) in [5.74, 6) is 1.35. The summed E-state index contributed by atoms with van der Waals surface area (Å²) in [6, 6.07) is 7.85. The summed E-state index contributed by atoms with van der Waals surface area (Å²) in [5.41, 5.74) is 1.71. The van der Waals surface area contributed by atoms with Crippen molar-refractivity contribution in [3.63, 3.8) is 0 Å². The average molecular weight is 232 g/mol. The molecule has 0 radical (unpaired) electrons. The van der Waals surface area contributed by atoms with Gasteiger partial charge in [0.1, 0.15) is 11.8 Å². The molecule has 92 valence electrons. The third kappa shape index (κ3) is 4.46. The molecule has 0 fully saturated rings. The van der Waals surface area contributed by atoms with Gasteiger partial charge in [0, 0.05) is 6.54 Å². The van der Waals surface area contributed by atoms with Crippen molar-refractivity contribution in [3.8, 4) is 11.8 Å². The van der Waals surface area contributed by atoms with Gasteiger partial charge in [-0.15, -0.1) is 0 Å². The normalized spacial score (nSPS) is 10.3. The highest BCUT2D eigenvalue weighted by molar-refractivity contribution is 5.45. The van der Waals surface area contributed by atoms with E-state index in [9.17, 15) is 0 Å². The lowest BCUT2D eigenvalue weighted by Gasteiger charge is -2.08. The third-order valence-electron chi connectivity index (χ3n) is 2.61. The molecular formula is C14H20N2O. The summed E-state index contributed by atoms with van der Waals surface area (Å²) in [4.78, 5) is 0. The maximum atomic E-state index is 8.97. The molecule has 0 aliphatic carbocycles. The van der Waals surface area contributed by atoms with Crippen molar-refractivity contribution in [2.45, 2.75) is 26.8 Å². The van der Waals surface area contributed by atoms with Gasteiger partial charge in [-0.05, 0) is 36.6 Å². The topological polar surface area (TPSA) is 45.0 Å². The van der Waals surface area contributed by atoms with Gasteiger partial charge in [-0.3, -0.25) is 0 Å². The SMILES string of the molecule is COc1ccc(CNCCC(C)C)cc1C#N. The van der Waals surface area contributed by atoms with E-state index in [4.69, 9.17) is 10.00 Å². The summed E-state index contributed by atoms with van der Waals surface area (Å²) >= 11 is 0. The van der Waals surface area contributed by atoms with Gasteiger partial charge in [0.2, 0.25) is 0 Å². The van der Waals surface area contributed by atoms with Gasteiger partial charge in [-0.2, -0.15) is 5.26 Å². The van der Waals surface area contributed by atoms with Gasteiger partial charge in [-0.25, -0.2) is 0 Å². The van der Waals surface area contributed by atoms with Crippen LogP contribution in [0.25, 0.3) is 0 Å². The van der Waals surface area contributed by atoms with E-state index in [1.807, 2.05) is 18.2 Å². The first-order valence-electron chi connectivity index (χ1n) is 5.95. The van der Waals surface area contributed by atoms with Crippen molar-refractivity contribution >= 4 is 0 Å². The van der Waals surface area contributed by atoms with Crippen molar-refractivity contribution in [3.05, 3.63) is 29.3 Å². The molecule has 17 heavy (non-hydrogen) atoms. The van der Waals surface area contributed by atoms with E-state index in [1.54, 1.807) is 7.11 Å². The molecule has 1 aromatic rings. The van der Waals surface area contributed by atoms with Crippen LogP contribution in [0.15, 0.2) is 18.2 Å². The standard InChI is InChI=1S/C14H20N2O/c1-11(2)6-7-16-10-12-4-5-14(17-3)13(8-12)9-15/h4-5,8,11,16H,6-7,10H2,1-3H3. The molecule has 0 spiro atoms. The van der Waals surface area contributed by atoms with Crippen LogP contribution in [-0.4, -0.2) is 13.7 Å². The molecule has 1 rings (SSSR count). The van der Waals surface area contributed by atoms with Crippen molar-refractivity contribution in [2.75, 3.05) is 13.7 Å². The quantitative estimate of drug-likeness (QED) is 0.767. The fraction of sp³-hybridized carbons (Fsp3) is 0.500. The predicted octanol–water partition coefficient (Wildman–Crippen LogP) is 2.70. The molecule has 0 aliphatic heterocycles. The van der Waals surface area contributed by atoms with E-state index < -0.39 is 0 Å². The van der Waals surface area contributed by atoms with E-state index in [0.29, 0.717) is 17.2 Å². The van der Waals surface area contributed by atoms with Crippen LogP contribution in [0.1, 0.15) is 31.4 Å². The number of nitrogens with zero attached hydrogens (tertiary/aromatic N) is 1. The van der Waals surface area contributed by atoms with Crippen molar-refractivity contribution in [1.29, 1.82) is 5.26 Å². The first-order valence-corrected chi connectivity index (χ1v) is 5.95. The Labute approximate surface area is 103 Å². The van der Waals surface area contributed by atoms with Crippen LogP contribution in [0.4, 0.5) is 0 Å². The smallest absolute Gasteiger partial charge is 0.136 e.